The first-order valence-electron chi connectivity index (χ1n) is 5.37. The Hall–Kier alpha value is -0.300. The van der Waals surface area contributed by atoms with Gasteiger partial charge >= 0.3 is 0 Å². The Bertz CT molecular complexity index is 191. The quantitative estimate of drug-likeness (QED) is 0.561. The molecule has 1 aliphatic heterocycles. The van der Waals surface area contributed by atoms with Crippen LogP contribution < -0.4 is 0 Å². The van der Waals surface area contributed by atoms with Crippen molar-refractivity contribution in [3.05, 3.63) is 12.2 Å². The molecule has 1 rings (SSSR count). The summed E-state index contributed by atoms with van der Waals surface area (Å²) < 4.78 is 0. The summed E-state index contributed by atoms with van der Waals surface area (Å²) in [6.07, 6.45) is 3.64. The summed E-state index contributed by atoms with van der Waals surface area (Å²) in [4.78, 5) is 2.60. The fourth-order valence-corrected chi connectivity index (χ4v) is 2.29. The standard InChI is InChI=1S/C12H23N/c1-10(2)13-9-7-11(3)6-8-12(13,4)5/h10H,3,6-9H2,1-2,4-5H3. The van der Waals surface area contributed by atoms with Gasteiger partial charge in [0.1, 0.15) is 0 Å². The molecule has 0 unspecified atom stereocenters. The van der Waals surface area contributed by atoms with Gasteiger partial charge in [-0.15, -0.1) is 0 Å². The molecule has 0 N–H and O–H groups in total. The molecule has 0 atom stereocenters. The first-order valence-corrected chi connectivity index (χ1v) is 5.37. The summed E-state index contributed by atoms with van der Waals surface area (Å²) in [6, 6.07) is 0.654. The average molecular weight is 181 g/mol. The normalized spacial score (nSPS) is 24.8. The van der Waals surface area contributed by atoms with Crippen LogP contribution in [0.3, 0.4) is 0 Å². The van der Waals surface area contributed by atoms with Crippen LogP contribution in [0.2, 0.25) is 0 Å². The van der Waals surface area contributed by atoms with Gasteiger partial charge in [-0.25, -0.2) is 0 Å². The van der Waals surface area contributed by atoms with Crippen molar-refractivity contribution in [2.45, 2.75) is 58.5 Å². The van der Waals surface area contributed by atoms with Crippen LogP contribution in [0.5, 0.6) is 0 Å². The van der Waals surface area contributed by atoms with Gasteiger partial charge in [-0.2, -0.15) is 0 Å². The molecule has 0 aromatic carbocycles. The van der Waals surface area contributed by atoms with Gasteiger partial charge in [0.25, 0.3) is 0 Å². The average Bonchev–Trinajstić information content (AvgIpc) is 2.11. The predicted octanol–water partition coefficient (Wildman–Crippen LogP) is 3.22. The Morgan fingerprint density at radius 3 is 2.46 bits per heavy atom. The maximum atomic E-state index is 4.11. The Labute approximate surface area is 82.8 Å². The molecule has 0 radical (unpaired) electrons. The molecule has 1 heteroatoms. The van der Waals surface area contributed by atoms with Crippen molar-refractivity contribution in [2.24, 2.45) is 0 Å². The maximum Gasteiger partial charge on any atom is 0.0159 e. The number of nitrogens with zero attached hydrogens (tertiary/aromatic N) is 1. The zero-order chi connectivity index (χ0) is 10.1. The van der Waals surface area contributed by atoms with E-state index in [4.69, 9.17) is 0 Å². The monoisotopic (exact) mass is 181 g/mol. The van der Waals surface area contributed by atoms with Gasteiger partial charge in [0.05, 0.1) is 0 Å². The van der Waals surface area contributed by atoms with Gasteiger partial charge in [0.15, 0.2) is 0 Å². The molecule has 0 aliphatic carbocycles. The molecule has 0 bridgehead atoms. The zero-order valence-electron chi connectivity index (χ0n) is 9.56. The van der Waals surface area contributed by atoms with Gasteiger partial charge in [-0.3, -0.25) is 4.90 Å². The molecule has 0 amide bonds. The molecule has 0 aromatic rings. The van der Waals surface area contributed by atoms with E-state index >= 15 is 0 Å². The zero-order valence-corrected chi connectivity index (χ0v) is 9.56. The molecule has 1 saturated heterocycles. The van der Waals surface area contributed by atoms with E-state index in [1.165, 1.54) is 31.4 Å². The molecule has 1 heterocycles. The van der Waals surface area contributed by atoms with E-state index in [0.29, 0.717) is 11.6 Å². The van der Waals surface area contributed by atoms with Crippen LogP contribution in [0.15, 0.2) is 12.2 Å². The van der Waals surface area contributed by atoms with E-state index in [2.05, 4.69) is 39.2 Å². The summed E-state index contributed by atoms with van der Waals surface area (Å²) >= 11 is 0. The lowest BCUT2D eigenvalue weighted by Gasteiger charge is -2.40. The first kappa shape index (κ1) is 10.8. The third kappa shape index (κ3) is 2.57. The highest BCUT2D eigenvalue weighted by Gasteiger charge is 2.30. The summed E-state index contributed by atoms with van der Waals surface area (Å²) in [7, 11) is 0. The van der Waals surface area contributed by atoms with Crippen molar-refractivity contribution in [2.75, 3.05) is 6.54 Å². The summed E-state index contributed by atoms with van der Waals surface area (Å²) in [5.74, 6) is 0. The number of likely N-dealkylation sites (tertiary alicyclic amines) is 1. The van der Waals surface area contributed by atoms with Crippen molar-refractivity contribution < 1.29 is 0 Å². The second-order valence-corrected chi connectivity index (χ2v) is 5.10. The van der Waals surface area contributed by atoms with E-state index in [0.717, 1.165) is 0 Å². The fraction of sp³-hybridized carbons (Fsp3) is 0.833. The largest absolute Gasteiger partial charge is 0.295 e. The summed E-state index contributed by atoms with van der Waals surface area (Å²) in [5.41, 5.74) is 1.78. The van der Waals surface area contributed by atoms with Gasteiger partial charge in [0, 0.05) is 18.1 Å². The Morgan fingerprint density at radius 1 is 1.31 bits per heavy atom. The van der Waals surface area contributed by atoms with Crippen LogP contribution >= 0.6 is 0 Å². The first-order chi connectivity index (χ1) is 5.93. The number of hydrogen-bond acceptors (Lipinski definition) is 1. The minimum absolute atomic E-state index is 0.355. The smallest absolute Gasteiger partial charge is 0.0159 e. The molecule has 13 heavy (non-hydrogen) atoms. The van der Waals surface area contributed by atoms with E-state index < -0.39 is 0 Å². The molecule has 1 nitrogen and oxygen atoms in total. The highest BCUT2D eigenvalue weighted by atomic mass is 15.2. The van der Waals surface area contributed by atoms with E-state index in [1.807, 2.05) is 0 Å². The number of hydrogen-bond donors (Lipinski definition) is 0. The SMILES string of the molecule is C=C1CCN(C(C)C)C(C)(C)CC1. The van der Waals surface area contributed by atoms with Gasteiger partial charge in [-0.1, -0.05) is 12.2 Å². The van der Waals surface area contributed by atoms with Crippen molar-refractivity contribution in [1.82, 2.24) is 4.90 Å². The predicted molar refractivity (Wildman–Crippen MR) is 58.9 cm³/mol. The maximum absolute atomic E-state index is 4.11. The fourth-order valence-electron chi connectivity index (χ4n) is 2.29. The Kier molecular flexibility index (Phi) is 3.18. The molecule has 0 aromatic heterocycles. The summed E-state index contributed by atoms with van der Waals surface area (Å²) in [6.45, 7) is 14.6. The molecule has 1 fully saturated rings. The second-order valence-electron chi connectivity index (χ2n) is 5.10. The van der Waals surface area contributed by atoms with Crippen molar-refractivity contribution in [1.29, 1.82) is 0 Å². The molecule has 0 spiro atoms. The second kappa shape index (κ2) is 3.83. The van der Waals surface area contributed by atoms with E-state index in [1.54, 1.807) is 0 Å². The molecular formula is C12H23N. The van der Waals surface area contributed by atoms with Crippen molar-refractivity contribution in [3.8, 4) is 0 Å². The van der Waals surface area contributed by atoms with Crippen LogP contribution in [-0.4, -0.2) is 23.0 Å². The van der Waals surface area contributed by atoms with Gasteiger partial charge in [0.2, 0.25) is 0 Å². The lowest BCUT2D eigenvalue weighted by atomic mass is 9.95. The molecule has 1 aliphatic rings. The van der Waals surface area contributed by atoms with Gasteiger partial charge < -0.3 is 0 Å². The highest BCUT2D eigenvalue weighted by molar-refractivity contribution is 5.02. The third-order valence-corrected chi connectivity index (χ3v) is 3.20. The Balaban J connectivity index is 2.74. The lowest BCUT2D eigenvalue weighted by Crippen LogP contribution is -2.47. The van der Waals surface area contributed by atoms with Crippen molar-refractivity contribution in [3.63, 3.8) is 0 Å². The van der Waals surface area contributed by atoms with Crippen LogP contribution in [0.1, 0.15) is 47.0 Å². The molecule has 0 saturated carbocycles. The minimum atomic E-state index is 0.355. The lowest BCUT2D eigenvalue weighted by molar-refractivity contribution is 0.0875. The Morgan fingerprint density at radius 2 is 1.92 bits per heavy atom. The van der Waals surface area contributed by atoms with Crippen LogP contribution in [-0.2, 0) is 0 Å². The molecule has 76 valence electrons. The van der Waals surface area contributed by atoms with Crippen LogP contribution in [0.25, 0.3) is 0 Å². The topological polar surface area (TPSA) is 3.24 Å². The van der Waals surface area contributed by atoms with Crippen molar-refractivity contribution >= 4 is 0 Å². The van der Waals surface area contributed by atoms with E-state index in [-0.39, 0.29) is 0 Å². The third-order valence-electron chi connectivity index (χ3n) is 3.20. The van der Waals surface area contributed by atoms with E-state index in [9.17, 15) is 0 Å². The van der Waals surface area contributed by atoms with Crippen LogP contribution in [0.4, 0.5) is 0 Å². The molecular weight excluding hydrogens is 158 g/mol. The van der Waals surface area contributed by atoms with Crippen LogP contribution in [0, 0.1) is 0 Å². The number of rotatable bonds is 1. The summed E-state index contributed by atoms with van der Waals surface area (Å²) in [5, 5.41) is 0. The van der Waals surface area contributed by atoms with Gasteiger partial charge in [-0.05, 0) is 47.0 Å². The minimum Gasteiger partial charge on any atom is -0.295 e. The highest BCUT2D eigenvalue weighted by Crippen LogP contribution is 2.29.